The van der Waals surface area contributed by atoms with Crippen LogP contribution in [0.25, 0.3) is 10.1 Å². The van der Waals surface area contributed by atoms with Gasteiger partial charge < -0.3 is 5.32 Å². The number of hydrogen-bond donors (Lipinski definition) is 1. The standard InChI is InChI=1S/C11H11FN2O2S/c1-2-13-10(15)6-14-11(16)8-4-3-7(12)5-9(8)17-14/h3-5H,2,6H2,1H3,(H,13,15). The van der Waals surface area contributed by atoms with Gasteiger partial charge in [-0.2, -0.15) is 0 Å². The number of nitrogens with one attached hydrogen (secondary N) is 1. The molecular formula is C11H11FN2O2S. The first-order valence-corrected chi connectivity index (χ1v) is 5.95. The van der Waals surface area contributed by atoms with Crippen LogP contribution in [0.4, 0.5) is 4.39 Å². The molecule has 6 heteroatoms. The summed E-state index contributed by atoms with van der Waals surface area (Å²) in [5.74, 6) is -0.606. The Morgan fingerprint density at radius 1 is 1.53 bits per heavy atom. The van der Waals surface area contributed by atoms with Crippen molar-refractivity contribution in [1.82, 2.24) is 9.27 Å². The van der Waals surface area contributed by atoms with E-state index in [1.54, 1.807) is 6.92 Å². The minimum atomic E-state index is -0.385. The van der Waals surface area contributed by atoms with Gasteiger partial charge in [0, 0.05) is 6.54 Å². The van der Waals surface area contributed by atoms with Gasteiger partial charge in [-0.3, -0.25) is 13.5 Å². The van der Waals surface area contributed by atoms with Crippen LogP contribution in [0.1, 0.15) is 6.92 Å². The predicted octanol–water partition coefficient (Wildman–Crippen LogP) is 1.34. The number of likely N-dealkylation sites (N-methyl/N-ethyl adjacent to an activating group) is 1. The Kier molecular flexibility index (Phi) is 3.23. The van der Waals surface area contributed by atoms with Crippen molar-refractivity contribution in [3.05, 3.63) is 34.4 Å². The summed E-state index contributed by atoms with van der Waals surface area (Å²) in [5.41, 5.74) is -0.253. The molecule has 0 aliphatic heterocycles. The maximum atomic E-state index is 13.0. The number of nitrogens with zero attached hydrogens (tertiary/aromatic N) is 1. The molecule has 0 saturated carbocycles. The van der Waals surface area contributed by atoms with Crippen LogP contribution in [0.3, 0.4) is 0 Å². The Labute approximate surface area is 101 Å². The second kappa shape index (κ2) is 4.67. The van der Waals surface area contributed by atoms with E-state index in [4.69, 9.17) is 0 Å². The molecule has 0 radical (unpaired) electrons. The summed E-state index contributed by atoms with van der Waals surface area (Å²) >= 11 is 1.10. The summed E-state index contributed by atoms with van der Waals surface area (Å²) in [6.45, 7) is 2.31. The van der Waals surface area contributed by atoms with E-state index < -0.39 is 0 Å². The highest BCUT2D eigenvalue weighted by molar-refractivity contribution is 7.13. The lowest BCUT2D eigenvalue weighted by atomic mass is 10.3. The summed E-state index contributed by atoms with van der Waals surface area (Å²) in [6.07, 6.45) is 0. The quantitative estimate of drug-likeness (QED) is 0.898. The highest BCUT2D eigenvalue weighted by atomic mass is 32.1. The first kappa shape index (κ1) is 11.8. The largest absolute Gasteiger partial charge is 0.355 e. The number of fused-ring (bicyclic) bond motifs is 1. The van der Waals surface area contributed by atoms with Crippen LogP contribution in [0.5, 0.6) is 0 Å². The van der Waals surface area contributed by atoms with E-state index in [-0.39, 0.29) is 23.8 Å². The zero-order valence-electron chi connectivity index (χ0n) is 9.20. The van der Waals surface area contributed by atoms with Crippen molar-refractivity contribution in [3.63, 3.8) is 0 Å². The summed E-state index contributed by atoms with van der Waals surface area (Å²) in [7, 11) is 0. The van der Waals surface area contributed by atoms with Gasteiger partial charge in [0.25, 0.3) is 5.56 Å². The fourth-order valence-corrected chi connectivity index (χ4v) is 2.55. The van der Waals surface area contributed by atoms with Gasteiger partial charge >= 0.3 is 0 Å². The first-order valence-electron chi connectivity index (χ1n) is 5.18. The summed E-state index contributed by atoms with van der Waals surface area (Å²) in [4.78, 5) is 23.2. The second-order valence-corrected chi connectivity index (χ2v) is 4.59. The fourth-order valence-electron chi connectivity index (χ4n) is 1.53. The molecule has 0 atom stereocenters. The number of carbonyl (C=O) groups excluding carboxylic acids is 1. The number of aromatic nitrogens is 1. The molecule has 0 spiro atoms. The van der Waals surface area contributed by atoms with Gasteiger partial charge in [-0.25, -0.2) is 4.39 Å². The van der Waals surface area contributed by atoms with Crippen LogP contribution in [-0.2, 0) is 11.3 Å². The van der Waals surface area contributed by atoms with E-state index >= 15 is 0 Å². The number of halogens is 1. The Balaban J connectivity index is 2.39. The Bertz CT molecular complexity index is 617. The topological polar surface area (TPSA) is 51.1 Å². The van der Waals surface area contributed by atoms with Crippen molar-refractivity contribution in [3.8, 4) is 0 Å². The molecule has 4 nitrogen and oxygen atoms in total. The van der Waals surface area contributed by atoms with Crippen molar-refractivity contribution < 1.29 is 9.18 Å². The summed E-state index contributed by atoms with van der Waals surface area (Å²) < 4.78 is 14.9. The second-order valence-electron chi connectivity index (χ2n) is 3.53. The molecule has 0 unspecified atom stereocenters. The van der Waals surface area contributed by atoms with Gasteiger partial charge in [0.1, 0.15) is 12.4 Å². The molecule has 1 N–H and O–H groups in total. The Hall–Kier alpha value is -1.69. The number of carbonyl (C=O) groups is 1. The highest BCUT2D eigenvalue weighted by Gasteiger charge is 2.10. The number of rotatable bonds is 3. The molecule has 0 fully saturated rings. The van der Waals surface area contributed by atoms with Gasteiger partial charge in [-0.15, -0.1) is 0 Å². The van der Waals surface area contributed by atoms with Crippen LogP contribution in [-0.4, -0.2) is 16.4 Å². The monoisotopic (exact) mass is 254 g/mol. The molecule has 1 aromatic carbocycles. The van der Waals surface area contributed by atoms with Crippen LogP contribution < -0.4 is 10.9 Å². The normalized spacial score (nSPS) is 10.7. The maximum absolute atomic E-state index is 13.0. The van der Waals surface area contributed by atoms with E-state index in [2.05, 4.69) is 5.32 Å². The molecule has 90 valence electrons. The average molecular weight is 254 g/mol. The first-order chi connectivity index (χ1) is 8.11. The van der Waals surface area contributed by atoms with Crippen molar-refractivity contribution in [2.75, 3.05) is 6.54 Å². The molecule has 0 bridgehead atoms. The lowest BCUT2D eigenvalue weighted by Crippen LogP contribution is -2.29. The van der Waals surface area contributed by atoms with E-state index in [0.717, 1.165) is 11.5 Å². The van der Waals surface area contributed by atoms with E-state index in [9.17, 15) is 14.0 Å². The van der Waals surface area contributed by atoms with Gasteiger partial charge in [0.05, 0.1) is 10.1 Å². The number of hydrogen-bond acceptors (Lipinski definition) is 3. The van der Waals surface area contributed by atoms with Crippen LogP contribution in [0.2, 0.25) is 0 Å². The van der Waals surface area contributed by atoms with Crippen LogP contribution in [0, 0.1) is 5.82 Å². The van der Waals surface area contributed by atoms with Gasteiger partial charge in [-0.1, -0.05) is 11.5 Å². The number of benzene rings is 1. The van der Waals surface area contributed by atoms with E-state index in [0.29, 0.717) is 16.6 Å². The smallest absolute Gasteiger partial charge is 0.269 e. The Morgan fingerprint density at radius 3 is 3.00 bits per heavy atom. The third-order valence-electron chi connectivity index (χ3n) is 2.27. The third kappa shape index (κ3) is 2.36. The maximum Gasteiger partial charge on any atom is 0.269 e. The van der Waals surface area contributed by atoms with Crippen LogP contribution >= 0.6 is 11.5 Å². The van der Waals surface area contributed by atoms with Gasteiger partial charge in [-0.05, 0) is 25.1 Å². The zero-order valence-corrected chi connectivity index (χ0v) is 10.0. The SMILES string of the molecule is CCNC(=O)Cn1sc2cc(F)ccc2c1=O. The summed E-state index contributed by atoms with van der Waals surface area (Å²) in [5, 5.41) is 3.06. The number of amides is 1. The molecule has 1 aromatic heterocycles. The van der Waals surface area contributed by atoms with E-state index in [1.807, 2.05) is 0 Å². The molecule has 0 aliphatic carbocycles. The third-order valence-corrected chi connectivity index (χ3v) is 3.32. The zero-order chi connectivity index (χ0) is 12.4. The van der Waals surface area contributed by atoms with Gasteiger partial charge in [0.15, 0.2) is 0 Å². The van der Waals surface area contributed by atoms with Crippen molar-refractivity contribution in [2.45, 2.75) is 13.5 Å². The van der Waals surface area contributed by atoms with Gasteiger partial charge in [0.2, 0.25) is 5.91 Å². The van der Waals surface area contributed by atoms with Crippen molar-refractivity contribution in [2.24, 2.45) is 0 Å². The van der Waals surface area contributed by atoms with Crippen molar-refractivity contribution >= 4 is 27.5 Å². The van der Waals surface area contributed by atoms with Crippen molar-refractivity contribution in [1.29, 1.82) is 0 Å². The fraction of sp³-hybridized carbons (Fsp3) is 0.273. The van der Waals surface area contributed by atoms with E-state index in [1.165, 1.54) is 22.2 Å². The minimum absolute atomic E-state index is 0.0202. The molecule has 1 heterocycles. The Morgan fingerprint density at radius 2 is 2.29 bits per heavy atom. The molecule has 1 amide bonds. The molecular weight excluding hydrogens is 243 g/mol. The molecule has 0 aliphatic rings. The highest BCUT2D eigenvalue weighted by Crippen LogP contribution is 2.17. The lowest BCUT2D eigenvalue weighted by molar-refractivity contribution is -0.121. The molecule has 0 saturated heterocycles. The predicted molar refractivity (Wildman–Crippen MR) is 64.7 cm³/mol. The molecule has 2 rings (SSSR count). The molecule has 2 aromatic rings. The summed E-state index contributed by atoms with van der Waals surface area (Å²) in [6, 6.07) is 3.99. The minimum Gasteiger partial charge on any atom is -0.355 e. The molecule has 17 heavy (non-hydrogen) atoms. The lowest BCUT2D eigenvalue weighted by Gasteiger charge is -2.00. The van der Waals surface area contributed by atoms with Crippen LogP contribution in [0.15, 0.2) is 23.0 Å². The average Bonchev–Trinajstić information content (AvgIpc) is 2.55.